The first-order valence-corrected chi connectivity index (χ1v) is 11.4. The van der Waals surface area contributed by atoms with Crippen LogP contribution >= 0.6 is 0 Å². The van der Waals surface area contributed by atoms with Gasteiger partial charge in [-0.05, 0) is 36.8 Å². The summed E-state index contributed by atoms with van der Waals surface area (Å²) in [6.07, 6.45) is 1.89. The normalized spacial score (nSPS) is 11.4. The number of pyridine rings is 1. The number of esters is 1. The van der Waals surface area contributed by atoms with Crippen LogP contribution in [-0.2, 0) is 26.1 Å². The minimum absolute atomic E-state index is 0.0569. The molecule has 31 heavy (non-hydrogen) atoms. The van der Waals surface area contributed by atoms with Crippen LogP contribution in [0.4, 0.5) is 5.69 Å². The highest BCUT2D eigenvalue weighted by Gasteiger charge is 2.22. The molecule has 0 fully saturated rings. The van der Waals surface area contributed by atoms with Crippen molar-refractivity contribution in [1.82, 2.24) is 8.87 Å². The Balaban J connectivity index is 2.12. The predicted octanol–water partition coefficient (Wildman–Crippen LogP) is 2.08. The van der Waals surface area contributed by atoms with Gasteiger partial charge in [-0.25, -0.2) is 13.2 Å². The third-order valence-corrected chi connectivity index (χ3v) is 6.49. The molecular formula is C21H27N3O6S. The van der Waals surface area contributed by atoms with Crippen molar-refractivity contribution in [3.63, 3.8) is 0 Å². The zero-order valence-corrected chi connectivity index (χ0v) is 18.6. The second-order valence-electron chi connectivity index (χ2n) is 6.68. The molecule has 0 unspecified atom stereocenters. The number of aromatic nitrogens is 1. The Hall–Kier alpha value is -2.98. The van der Waals surface area contributed by atoms with Crippen molar-refractivity contribution >= 4 is 27.6 Å². The second-order valence-corrected chi connectivity index (χ2v) is 8.62. The molecule has 0 aliphatic heterocycles. The fourth-order valence-electron chi connectivity index (χ4n) is 2.82. The van der Waals surface area contributed by atoms with E-state index in [9.17, 15) is 22.8 Å². The Kier molecular flexibility index (Phi) is 8.52. The van der Waals surface area contributed by atoms with Crippen LogP contribution in [0.5, 0.6) is 0 Å². The largest absolute Gasteiger partial charge is 0.462 e. The first-order chi connectivity index (χ1) is 14.7. The summed E-state index contributed by atoms with van der Waals surface area (Å²) in [6, 6.07) is 8.50. The van der Waals surface area contributed by atoms with Gasteiger partial charge in [0.05, 0.1) is 17.1 Å². The van der Waals surface area contributed by atoms with E-state index >= 15 is 0 Å². The van der Waals surface area contributed by atoms with Crippen molar-refractivity contribution in [2.75, 3.05) is 25.0 Å². The van der Waals surface area contributed by atoms with Crippen molar-refractivity contribution in [3.8, 4) is 0 Å². The van der Waals surface area contributed by atoms with E-state index in [1.54, 1.807) is 26.0 Å². The Morgan fingerprint density at radius 2 is 1.68 bits per heavy atom. The molecule has 1 heterocycles. The highest BCUT2D eigenvalue weighted by atomic mass is 32.2. The summed E-state index contributed by atoms with van der Waals surface area (Å²) in [5, 5.41) is 2.62. The van der Waals surface area contributed by atoms with Crippen LogP contribution in [0.3, 0.4) is 0 Å². The van der Waals surface area contributed by atoms with Gasteiger partial charge in [0, 0.05) is 31.0 Å². The maximum Gasteiger partial charge on any atom is 0.338 e. The minimum atomic E-state index is -3.76. The number of carbonyl (C=O) groups excluding carboxylic acids is 2. The number of amides is 1. The lowest BCUT2D eigenvalue weighted by Crippen LogP contribution is -2.33. The van der Waals surface area contributed by atoms with Crippen LogP contribution in [0, 0.1) is 0 Å². The lowest BCUT2D eigenvalue weighted by atomic mass is 10.2. The van der Waals surface area contributed by atoms with E-state index in [-0.39, 0.29) is 11.4 Å². The molecule has 0 aliphatic carbocycles. The van der Waals surface area contributed by atoms with E-state index in [1.807, 2.05) is 6.92 Å². The maximum atomic E-state index is 12.7. The van der Waals surface area contributed by atoms with Gasteiger partial charge in [-0.1, -0.05) is 20.8 Å². The van der Waals surface area contributed by atoms with Gasteiger partial charge in [0.1, 0.15) is 6.54 Å². The van der Waals surface area contributed by atoms with Crippen LogP contribution in [0.2, 0.25) is 0 Å². The Labute approximate surface area is 181 Å². The number of benzene rings is 1. The zero-order valence-electron chi connectivity index (χ0n) is 17.8. The van der Waals surface area contributed by atoms with Crippen LogP contribution in [0.25, 0.3) is 0 Å². The van der Waals surface area contributed by atoms with Gasteiger partial charge in [-0.2, -0.15) is 4.31 Å². The number of anilines is 1. The number of hydrogen-bond donors (Lipinski definition) is 1. The van der Waals surface area contributed by atoms with Crippen LogP contribution < -0.4 is 10.9 Å². The third-order valence-electron chi connectivity index (χ3n) is 4.46. The molecule has 1 amide bonds. The highest BCUT2D eigenvalue weighted by Crippen LogP contribution is 2.14. The van der Waals surface area contributed by atoms with E-state index in [2.05, 4.69) is 5.32 Å². The van der Waals surface area contributed by atoms with Gasteiger partial charge in [0.2, 0.25) is 15.9 Å². The Bertz CT molecular complexity index is 1070. The van der Waals surface area contributed by atoms with Gasteiger partial charge in [0.25, 0.3) is 5.56 Å². The van der Waals surface area contributed by atoms with E-state index in [0.717, 1.165) is 17.1 Å². The summed E-state index contributed by atoms with van der Waals surface area (Å²) in [5.41, 5.74) is 0.289. The first-order valence-electron chi connectivity index (χ1n) is 10.0. The average Bonchev–Trinajstić information content (AvgIpc) is 2.74. The lowest BCUT2D eigenvalue weighted by molar-refractivity contribution is -0.116. The molecule has 1 aromatic carbocycles. The fourth-order valence-corrected chi connectivity index (χ4v) is 4.30. The topological polar surface area (TPSA) is 115 Å². The van der Waals surface area contributed by atoms with Gasteiger partial charge in [-0.3, -0.25) is 9.59 Å². The number of carbonyl (C=O) groups is 2. The third kappa shape index (κ3) is 6.25. The SMILES string of the molecule is CCCOC(=O)c1ccc(NC(=O)Cn2cc(S(=O)(=O)N(CC)CC)ccc2=O)cc1. The average molecular weight is 450 g/mol. The molecule has 2 aromatic rings. The minimum Gasteiger partial charge on any atom is -0.462 e. The molecule has 168 valence electrons. The standard InChI is InChI=1S/C21H27N3O6S/c1-4-13-30-21(27)16-7-9-17(10-8-16)22-19(25)15-23-14-18(11-12-20(23)26)31(28,29)24(5-2)6-3/h7-12,14H,4-6,13,15H2,1-3H3,(H,22,25). The molecule has 0 aliphatic rings. The molecule has 1 aromatic heterocycles. The van der Waals surface area contributed by atoms with E-state index in [4.69, 9.17) is 4.74 Å². The highest BCUT2D eigenvalue weighted by molar-refractivity contribution is 7.89. The summed E-state index contributed by atoms with van der Waals surface area (Å²) in [7, 11) is -3.76. The monoisotopic (exact) mass is 449 g/mol. The molecular weight excluding hydrogens is 422 g/mol. The van der Waals surface area contributed by atoms with Crippen LogP contribution in [0.1, 0.15) is 37.6 Å². The lowest BCUT2D eigenvalue weighted by Gasteiger charge is -2.19. The molecule has 2 rings (SSSR count). The summed E-state index contributed by atoms with van der Waals surface area (Å²) in [5.74, 6) is -0.960. The Morgan fingerprint density at radius 3 is 2.26 bits per heavy atom. The van der Waals surface area contributed by atoms with Gasteiger partial charge >= 0.3 is 5.97 Å². The number of sulfonamides is 1. The number of nitrogens with one attached hydrogen (secondary N) is 1. The van der Waals surface area contributed by atoms with Crippen molar-refractivity contribution in [1.29, 1.82) is 0 Å². The quantitative estimate of drug-likeness (QED) is 0.556. The van der Waals surface area contributed by atoms with Crippen molar-refractivity contribution in [2.45, 2.75) is 38.6 Å². The van der Waals surface area contributed by atoms with Crippen molar-refractivity contribution in [3.05, 3.63) is 58.5 Å². The Morgan fingerprint density at radius 1 is 1.03 bits per heavy atom. The van der Waals surface area contributed by atoms with Gasteiger partial charge in [-0.15, -0.1) is 0 Å². The molecule has 0 spiro atoms. The van der Waals surface area contributed by atoms with Gasteiger partial charge < -0.3 is 14.6 Å². The molecule has 0 saturated carbocycles. The number of hydrogen-bond acceptors (Lipinski definition) is 6. The number of ether oxygens (including phenoxy) is 1. The fraction of sp³-hybridized carbons (Fsp3) is 0.381. The summed E-state index contributed by atoms with van der Waals surface area (Å²) >= 11 is 0. The molecule has 0 saturated heterocycles. The summed E-state index contributed by atoms with van der Waals surface area (Å²) in [6.45, 7) is 5.89. The molecule has 1 N–H and O–H groups in total. The molecule has 0 bridgehead atoms. The van der Waals surface area contributed by atoms with E-state index < -0.39 is 27.5 Å². The summed E-state index contributed by atoms with van der Waals surface area (Å²) < 4.78 is 32.7. The van der Waals surface area contributed by atoms with E-state index in [0.29, 0.717) is 30.9 Å². The van der Waals surface area contributed by atoms with Crippen molar-refractivity contribution < 1.29 is 22.7 Å². The number of nitrogens with zero attached hydrogens (tertiary/aromatic N) is 2. The van der Waals surface area contributed by atoms with Gasteiger partial charge in [0.15, 0.2) is 0 Å². The second kappa shape index (κ2) is 10.9. The molecule has 0 radical (unpaired) electrons. The van der Waals surface area contributed by atoms with Crippen LogP contribution in [-0.4, -0.2) is 48.9 Å². The van der Waals surface area contributed by atoms with Crippen LogP contribution in [0.15, 0.2) is 52.3 Å². The predicted molar refractivity (Wildman–Crippen MR) is 116 cm³/mol. The smallest absolute Gasteiger partial charge is 0.338 e. The molecule has 9 nitrogen and oxygen atoms in total. The van der Waals surface area contributed by atoms with Crippen molar-refractivity contribution in [2.24, 2.45) is 0 Å². The first kappa shape index (κ1) is 24.3. The van der Waals surface area contributed by atoms with E-state index in [1.165, 1.54) is 28.7 Å². The molecule has 10 heteroatoms. The number of rotatable bonds is 10. The summed E-state index contributed by atoms with van der Waals surface area (Å²) in [4.78, 5) is 36.3. The maximum absolute atomic E-state index is 12.7. The molecule has 0 atom stereocenters. The zero-order chi connectivity index (χ0) is 23.0.